The molecule has 2 aliphatic rings. The maximum absolute atomic E-state index is 11.9. The Morgan fingerprint density at radius 1 is 1.29 bits per heavy atom. The largest absolute Gasteiger partial charge is 0.490 e. The van der Waals surface area contributed by atoms with Crippen LogP contribution in [0.4, 0.5) is 11.5 Å². The van der Waals surface area contributed by atoms with Crippen molar-refractivity contribution < 1.29 is 4.74 Å². The molecule has 0 radical (unpaired) electrons. The van der Waals surface area contributed by atoms with Gasteiger partial charge >= 0.3 is 5.69 Å². The summed E-state index contributed by atoms with van der Waals surface area (Å²) in [6.07, 6.45) is 0.869. The third kappa shape index (κ3) is 2.08. The van der Waals surface area contributed by atoms with Crippen molar-refractivity contribution in [2.45, 2.75) is 13.0 Å². The highest BCUT2D eigenvalue weighted by Gasteiger charge is 2.25. The molecule has 1 aromatic carbocycles. The Balaban J connectivity index is 1.88. The molecule has 0 fully saturated rings. The molecule has 1 aromatic heterocycles. The van der Waals surface area contributed by atoms with E-state index in [1.165, 1.54) is 0 Å². The minimum atomic E-state index is -0.295. The zero-order valence-electron chi connectivity index (χ0n) is 11.6. The summed E-state index contributed by atoms with van der Waals surface area (Å²) in [4.78, 5) is 21.0. The third-order valence-corrected chi connectivity index (χ3v) is 3.94. The van der Waals surface area contributed by atoms with Gasteiger partial charge in [-0.05, 0) is 25.1 Å². The molecule has 21 heavy (non-hydrogen) atoms. The van der Waals surface area contributed by atoms with E-state index in [9.17, 15) is 4.79 Å². The van der Waals surface area contributed by atoms with Gasteiger partial charge in [0.2, 0.25) is 0 Å². The van der Waals surface area contributed by atoms with Crippen LogP contribution in [0.1, 0.15) is 11.3 Å². The highest BCUT2D eigenvalue weighted by atomic mass is 16.5. The van der Waals surface area contributed by atoms with Gasteiger partial charge in [0.15, 0.2) is 0 Å². The number of nitrogens with one attached hydrogen (secondary N) is 2. The monoisotopic (exact) mass is 284 g/mol. The zero-order chi connectivity index (χ0) is 14.2. The van der Waals surface area contributed by atoms with E-state index in [1.807, 2.05) is 24.3 Å². The highest BCUT2D eigenvalue weighted by Crippen LogP contribution is 2.37. The molecule has 2 aromatic rings. The van der Waals surface area contributed by atoms with Crippen LogP contribution in [0.3, 0.4) is 0 Å². The summed E-state index contributed by atoms with van der Waals surface area (Å²) >= 11 is 0. The van der Waals surface area contributed by atoms with Gasteiger partial charge in [-0.25, -0.2) is 4.79 Å². The van der Waals surface area contributed by atoms with Gasteiger partial charge in [-0.1, -0.05) is 12.1 Å². The maximum Gasteiger partial charge on any atom is 0.347 e. The van der Waals surface area contributed by atoms with Gasteiger partial charge < -0.3 is 19.9 Å². The Hall–Kier alpha value is -2.34. The van der Waals surface area contributed by atoms with E-state index in [4.69, 9.17) is 4.74 Å². The van der Waals surface area contributed by atoms with Crippen molar-refractivity contribution in [3.05, 3.63) is 46.0 Å². The number of fused-ring (bicyclic) bond motifs is 2. The predicted octanol–water partition coefficient (Wildman–Crippen LogP) is 0.946. The second kappa shape index (κ2) is 4.89. The normalized spacial score (nSPS) is 16.9. The van der Waals surface area contributed by atoms with Crippen LogP contribution in [-0.2, 0) is 13.0 Å². The Morgan fingerprint density at radius 3 is 3.14 bits per heavy atom. The lowest BCUT2D eigenvalue weighted by Crippen LogP contribution is -2.35. The highest BCUT2D eigenvalue weighted by molar-refractivity contribution is 5.70. The summed E-state index contributed by atoms with van der Waals surface area (Å²) in [5.41, 5.74) is 2.75. The van der Waals surface area contributed by atoms with Gasteiger partial charge in [-0.3, -0.25) is 0 Å². The third-order valence-electron chi connectivity index (χ3n) is 3.94. The molecular weight excluding hydrogens is 268 g/mol. The van der Waals surface area contributed by atoms with E-state index in [0.717, 1.165) is 41.5 Å². The van der Waals surface area contributed by atoms with Crippen molar-refractivity contribution in [1.29, 1.82) is 0 Å². The number of ether oxygens (including phenoxy) is 1. The average molecular weight is 284 g/mol. The summed E-state index contributed by atoms with van der Waals surface area (Å²) in [6, 6.07) is 7.88. The fourth-order valence-corrected chi connectivity index (χ4v) is 2.98. The van der Waals surface area contributed by atoms with E-state index >= 15 is 0 Å². The molecule has 0 bridgehead atoms. The molecule has 2 aliphatic heterocycles. The van der Waals surface area contributed by atoms with Crippen LogP contribution < -0.4 is 20.6 Å². The quantitative estimate of drug-likeness (QED) is 0.816. The fraction of sp³-hybridized carbons (Fsp3) is 0.333. The number of aromatic nitrogens is 2. The molecule has 0 aliphatic carbocycles. The first-order valence-electron chi connectivity index (χ1n) is 7.15. The molecule has 0 spiro atoms. The molecule has 2 N–H and O–H groups in total. The molecule has 0 atom stereocenters. The summed E-state index contributed by atoms with van der Waals surface area (Å²) in [5, 5.41) is 3.28. The number of hydrogen-bond donors (Lipinski definition) is 2. The van der Waals surface area contributed by atoms with Gasteiger partial charge in [-0.2, -0.15) is 4.98 Å². The van der Waals surface area contributed by atoms with Crippen LogP contribution in [0.2, 0.25) is 0 Å². The van der Waals surface area contributed by atoms with Crippen molar-refractivity contribution in [2.24, 2.45) is 0 Å². The Labute approximate surface area is 121 Å². The first-order chi connectivity index (χ1) is 10.3. The molecule has 6 heteroatoms. The Bertz CT molecular complexity index is 741. The van der Waals surface area contributed by atoms with E-state index in [0.29, 0.717) is 19.7 Å². The molecule has 0 amide bonds. The summed E-state index contributed by atoms with van der Waals surface area (Å²) in [6.45, 7) is 2.89. The topological polar surface area (TPSA) is 70.2 Å². The van der Waals surface area contributed by atoms with E-state index in [-0.39, 0.29) is 5.69 Å². The van der Waals surface area contributed by atoms with Crippen molar-refractivity contribution in [2.75, 3.05) is 24.6 Å². The number of benzene rings is 1. The van der Waals surface area contributed by atoms with E-state index in [1.54, 1.807) is 0 Å². The maximum atomic E-state index is 11.9. The number of rotatable bonds is 1. The number of aromatic amines is 1. The Kier molecular flexibility index (Phi) is 2.89. The molecular formula is C15H16N4O2. The van der Waals surface area contributed by atoms with Crippen LogP contribution in [0, 0.1) is 0 Å². The minimum absolute atomic E-state index is 0.295. The number of hydrogen-bond acceptors (Lipinski definition) is 5. The number of H-pyrrole nitrogens is 1. The standard InChI is InChI=1S/C15H16N4O2/c20-15-17-11-9-16-6-5-10(11)14(18-15)19-7-8-21-13-4-2-1-3-12(13)19/h1-4,16H,5-9H2,(H,17,18,20). The van der Waals surface area contributed by atoms with Crippen LogP contribution in [-0.4, -0.2) is 29.7 Å². The molecule has 3 heterocycles. The summed E-state index contributed by atoms with van der Waals surface area (Å²) < 4.78 is 5.68. The van der Waals surface area contributed by atoms with Crippen molar-refractivity contribution in [3.63, 3.8) is 0 Å². The van der Waals surface area contributed by atoms with Crippen LogP contribution >= 0.6 is 0 Å². The van der Waals surface area contributed by atoms with Gasteiger partial charge in [0.25, 0.3) is 0 Å². The molecule has 108 valence electrons. The first kappa shape index (κ1) is 12.4. The first-order valence-corrected chi connectivity index (χ1v) is 7.15. The molecule has 0 saturated carbocycles. The lowest BCUT2D eigenvalue weighted by atomic mass is 10.1. The average Bonchev–Trinajstić information content (AvgIpc) is 2.53. The van der Waals surface area contributed by atoms with Gasteiger partial charge in [0, 0.05) is 17.8 Å². The number of nitrogens with zero attached hydrogens (tertiary/aromatic N) is 2. The molecule has 4 rings (SSSR count). The van der Waals surface area contributed by atoms with Gasteiger partial charge in [0.1, 0.15) is 18.2 Å². The van der Waals surface area contributed by atoms with E-state index in [2.05, 4.69) is 20.2 Å². The SMILES string of the molecule is O=c1nc(N2CCOc3ccccc32)c2c([nH]1)CNCC2. The van der Waals surface area contributed by atoms with Crippen LogP contribution in [0.15, 0.2) is 29.1 Å². The smallest absolute Gasteiger partial charge is 0.347 e. The zero-order valence-corrected chi connectivity index (χ0v) is 11.6. The van der Waals surface area contributed by atoms with Gasteiger partial charge in [-0.15, -0.1) is 0 Å². The molecule has 0 saturated heterocycles. The number of para-hydroxylation sites is 2. The lowest BCUT2D eigenvalue weighted by Gasteiger charge is -2.32. The fourth-order valence-electron chi connectivity index (χ4n) is 2.98. The number of anilines is 2. The second-order valence-electron chi connectivity index (χ2n) is 5.22. The van der Waals surface area contributed by atoms with Crippen LogP contribution in [0.25, 0.3) is 0 Å². The van der Waals surface area contributed by atoms with E-state index < -0.39 is 0 Å². The second-order valence-corrected chi connectivity index (χ2v) is 5.22. The molecule has 0 unspecified atom stereocenters. The van der Waals surface area contributed by atoms with Crippen molar-refractivity contribution >= 4 is 11.5 Å². The minimum Gasteiger partial charge on any atom is -0.490 e. The summed E-state index contributed by atoms with van der Waals surface area (Å²) in [5.74, 6) is 1.61. The van der Waals surface area contributed by atoms with Gasteiger partial charge in [0.05, 0.1) is 12.2 Å². The Morgan fingerprint density at radius 2 is 2.19 bits per heavy atom. The van der Waals surface area contributed by atoms with Crippen molar-refractivity contribution in [3.8, 4) is 5.75 Å². The van der Waals surface area contributed by atoms with Crippen LogP contribution in [0.5, 0.6) is 5.75 Å². The summed E-state index contributed by atoms with van der Waals surface area (Å²) in [7, 11) is 0. The predicted molar refractivity (Wildman–Crippen MR) is 79.2 cm³/mol. The molecule has 6 nitrogen and oxygen atoms in total. The van der Waals surface area contributed by atoms with Crippen molar-refractivity contribution in [1.82, 2.24) is 15.3 Å². The lowest BCUT2D eigenvalue weighted by molar-refractivity contribution is 0.313.